The van der Waals surface area contributed by atoms with Gasteiger partial charge in [0.1, 0.15) is 5.82 Å². The first-order valence-electron chi connectivity index (χ1n) is 3.54. The molecule has 0 aliphatic heterocycles. The Labute approximate surface area is 74.2 Å². The molecule has 7 heteroatoms. The molecule has 0 unspecified atom stereocenters. The minimum atomic E-state index is -0.587. The van der Waals surface area contributed by atoms with Gasteiger partial charge in [-0.3, -0.25) is 0 Å². The van der Waals surface area contributed by atoms with Crippen LogP contribution in [-0.4, -0.2) is 22.0 Å². The van der Waals surface area contributed by atoms with Crippen molar-refractivity contribution in [1.29, 1.82) is 0 Å². The molecular weight excluding hydrogens is 172 g/mol. The lowest BCUT2D eigenvalue weighted by Gasteiger charge is -1.97. The van der Waals surface area contributed by atoms with Gasteiger partial charge in [-0.05, 0) is 0 Å². The molecule has 0 atom stereocenters. The van der Waals surface area contributed by atoms with Gasteiger partial charge in [-0.25, -0.2) is 9.78 Å². The van der Waals surface area contributed by atoms with Crippen molar-refractivity contribution in [1.82, 2.24) is 15.3 Å². The third kappa shape index (κ3) is 3.23. The fourth-order valence-electron chi connectivity index (χ4n) is 0.711. The Morgan fingerprint density at radius 1 is 1.69 bits per heavy atom. The molecule has 0 spiro atoms. The van der Waals surface area contributed by atoms with Crippen LogP contribution in [0.1, 0.15) is 5.82 Å². The van der Waals surface area contributed by atoms with E-state index in [-0.39, 0.29) is 12.5 Å². The highest BCUT2D eigenvalue weighted by molar-refractivity contribution is 5.90. The molecule has 0 saturated heterocycles. The number of imidazole rings is 1. The molecule has 0 radical (unpaired) electrons. The first-order chi connectivity index (χ1) is 6.18. The van der Waals surface area contributed by atoms with E-state index in [1.807, 2.05) is 0 Å². The molecule has 0 aliphatic rings. The maximum atomic E-state index is 10.8. The van der Waals surface area contributed by atoms with Crippen LogP contribution in [0.4, 0.5) is 4.79 Å². The maximum absolute atomic E-state index is 10.8. The third-order valence-electron chi connectivity index (χ3n) is 1.19. The number of aromatic nitrogens is 2. The third-order valence-corrected chi connectivity index (χ3v) is 1.19. The molecule has 1 aromatic rings. The lowest BCUT2D eigenvalue weighted by atomic mass is 10.6. The topological polar surface area (TPSA) is 122 Å². The van der Waals surface area contributed by atoms with E-state index in [0.29, 0.717) is 5.82 Å². The van der Waals surface area contributed by atoms with E-state index < -0.39 is 6.03 Å². The van der Waals surface area contributed by atoms with Crippen molar-refractivity contribution in [3.05, 3.63) is 18.2 Å². The summed E-state index contributed by atoms with van der Waals surface area (Å²) in [5.74, 6) is 0.371. The second-order valence-electron chi connectivity index (χ2n) is 2.23. The monoisotopic (exact) mass is 182 g/mol. The van der Waals surface area contributed by atoms with E-state index in [9.17, 15) is 4.79 Å². The van der Waals surface area contributed by atoms with Crippen LogP contribution in [0.3, 0.4) is 0 Å². The van der Waals surface area contributed by atoms with Crippen molar-refractivity contribution in [2.24, 2.45) is 16.5 Å². The molecule has 0 aliphatic carbocycles. The number of nitrogens with zero attached hydrogens (tertiary/aromatic N) is 2. The molecule has 0 aromatic carbocycles. The fourth-order valence-corrected chi connectivity index (χ4v) is 0.711. The number of carbonyl (C=O) groups is 1. The van der Waals surface area contributed by atoms with Gasteiger partial charge in [0, 0.05) is 12.4 Å². The summed E-state index contributed by atoms with van der Waals surface area (Å²) in [5, 5.41) is 2.44. The zero-order valence-corrected chi connectivity index (χ0v) is 6.82. The van der Waals surface area contributed by atoms with E-state index in [1.165, 1.54) is 0 Å². The number of amides is 2. The van der Waals surface area contributed by atoms with Crippen LogP contribution in [0.2, 0.25) is 0 Å². The van der Waals surface area contributed by atoms with Crippen LogP contribution in [0, 0.1) is 0 Å². The van der Waals surface area contributed by atoms with Crippen molar-refractivity contribution in [2.45, 2.75) is 6.54 Å². The molecule has 0 saturated carbocycles. The first kappa shape index (κ1) is 9.04. The highest BCUT2D eigenvalue weighted by Crippen LogP contribution is 1.86. The number of nitrogens with two attached hydrogens (primary N) is 2. The van der Waals surface area contributed by atoms with Gasteiger partial charge in [0.25, 0.3) is 0 Å². The zero-order chi connectivity index (χ0) is 9.68. The number of rotatable bonds is 2. The van der Waals surface area contributed by atoms with E-state index >= 15 is 0 Å². The number of hydrogen-bond donors (Lipinski definition) is 4. The Balaban J connectivity index is 2.35. The number of hydrogen-bond acceptors (Lipinski definition) is 2. The van der Waals surface area contributed by atoms with E-state index in [4.69, 9.17) is 11.5 Å². The number of aliphatic imine (C=N–C) groups is 1. The fraction of sp³-hybridized carbons (Fsp3) is 0.167. The summed E-state index contributed by atoms with van der Waals surface area (Å²) in [6.45, 7) is 0.266. The Morgan fingerprint density at radius 3 is 3.00 bits per heavy atom. The van der Waals surface area contributed by atoms with Gasteiger partial charge in [0.15, 0.2) is 5.96 Å². The Hall–Kier alpha value is -2.05. The molecule has 2 amide bonds. The van der Waals surface area contributed by atoms with Crippen molar-refractivity contribution >= 4 is 12.0 Å². The number of nitrogens with one attached hydrogen (secondary N) is 2. The minimum Gasteiger partial charge on any atom is -0.370 e. The SMILES string of the molecule is NC(N)=NC(=O)NCc1ncc[nH]1. The molecule has 1 heterocycles. The van der Waals surface area contributed by atoms with Crippen LogP contribution in [0.15, 0.2) is 17.4 Å². The summed E-state index contributed by atoms with van der Waals surface area (Å²) in [4.78, 5) is 20.8. The van der Waals surface area contributed by atoms with Crippen LogP contribution in [0.25, 0.3) is 0 Å². The second-order valence-corrected chi connectivity index (χ2v) is 2.23. The number of H-pyrrole nitrogens is 1. The van der Waals surface area contributed by atoms with Crippen LogP contribution < -0.4 is 16.8 Å². The average Bonchev–Trinajstić information content (AvgIpc) is 2.51. The largest absolute Gasteiger partial charge is 0.370 e. The standard InChI is InChI=1S/C6H10N6O/c7-5(8)12-6(13)11-3-4-9-1-2-10-4/h1-2H,3H2,(H,9,10)(H5,7,8,11,12,13). The van der Waals surface area contributed by atoms with E-state index in [0.717, 1.165) is 0 Å². The smallest absolute Gasteiger partial charge is 0.344 e. The molecule has 1 aromatic heterocycles. The average molecular weight is 182 g/mol. The van der Waals surface area contributed by atoms with Gasteiger partial charge >= 0.3 is 6.03 Å². The summed E-state index contributed by atoms with van der Waals surface area (Å²) < 4.78 is 0. The summed E-state index contributed by atoms with van der Waals surface area (Å²) in [5.41, 5.74) is 9.97. The minimum absolute atomic E-state index is 0.266. The first-order valence-corrected chi connectivity index (χ1v) is 3.54. The lowest BCUT2D eigenvalue weighted by molar-refractivity contribution is 0.248. The van der Waals surface area contributed by atoms with Crippen LogP contribution in [0.5, 0.6) is 0 Å². The molecule has 6 N–H and O–H groups in total. The molecule has 0 bridgehead atoms. The summed E-state index contributed by atoms with van der Waals surface area (Å²) >= 11 is 0. The Kier molecular flexibility index (Phi) is 2.85. The highest BCUT2D eigenvalue weighted by Gasteiger charge is 1.99. The number of carbonyl (C=O) groups excluding carboxylic acids is 1. The van der Waals surface area contributed by atoms with Gasteiger partial charge in [-0.2, -0.15) is 4.99 Å². The van der Waals surface area contributed by atoms with E-state index in [2.05, 4.69) is 20.3 Å². The van der Waals surface area contributed by atoms with Gasteiger partial charge in [0.05, 0.1) is 6.54 Å². The predicted octanol–water partition coefficient (Wildman–Crippen LogP) is -1.11. The summed E-state index contributed by atoms with van der Waals surface area (Å²) in [6, 6.07) is -0.587. The summed E-state index contributed by atoms with van der Waals surface area (Å²) in [7, 11) is 0. The Bertz CT molecular complexity index is 299. The Morgan fingerprint density at radius 2 is 2.46 bits per heavy atom. The zero-order valence-electron chi connectivity index (χ0n) is 6.82. The molecule has 0 fully saturated rings. The quantitative estimate of drug-likeness (QED) is 0.342. The normalized spacial score (nSPS) is 9.23. The molecule has 7 nitrogen and oxygen atoms in total. The van der Waals surface area contributed by atoms with Crippen molar-refractivity contribution in [2.75, 3.05) is 0 Å². The van der Waals surface area contributed by atoms with Gasteiger partial charge in [-0.15, -0.1) is 0 Å². The number of aromatic amines is 1. The van der Waals surface area contributed by atoms with Crippen LogP contribution >= 0.6 is 0 Å². The molecule has 70 valence electrons. The molecular formula is C6H10N6O. The van der Waals surface area contributed by atoms with Crippen molar-refractivity contribution in [3.8, 4) is 0 Å². The second kappa shape index (κ2) is 4.10. The van der Waals surface area contributed by atoms with Gasteiger partial charge < -0.3 is 21.8 Å². The molecule has 13 heavy (non-hydrogen) atoms. The van der Waals surface area contributed by atoms with E-state index in [1.54, 1.807) is 12.4 Å². The van der Waals surface area contributed by atoms with Gasteiger partial charge in [0.2, 0.25) is 0 Å². The van der Waals surface area contributed by atoms with Crippen molar-refractivity contribution < 1.29 is 4.79 Å². The lowest BCUT2D eigenvalue weighted by Crippen LogP contribution is -2.28. The van der Waals surface area contributed by atoms with Crippen molar-refractivity contribution in [3.63, 3.8) is 0 Å². The molecule has 1 rings (SSSR count). The number of urea groups is 1. The van der Waals surface area contributed by atoms with Crippen LogP contribution in [-0.2, 0) is 6.54 Å². The predicted molar refractivity (Wildman–Crippen MR) is 46.6 cm³/mol. The highest BCUT2D eigenvalue weighted by atomic mass is 16.2. The number of guanidine groups is 1. The maximum Gasteiger partial charge on any atom is 0.344 e. The van der Waals surface area contributed by atoms with Gasteiger partial charge in [-0.1, -0.05) is 0 Å². The summed E-state index contributed by atoms with van der Waals surface area (Å²) in [6.07, 6.45) is 3.24.